The van der Waals surface area contributed by atoms with Crippen molar-refractivity contribution in [1.29, 1.82) is 0 Å². The maximum Gasteiger partial charge on any atom is 0.0596 e. The Morgan fingerprint density at radius 3 is 2.67 bits per heavy atom. The Balaban J connectivity index is 1.67. The third-order valence-corrected chi connectivity index (χ3v) is 8.45. The molecule has 0 spiro atoms. The van der Waals surface area contributed by atoms with E-state index in [2.05, 4.69) is 19.9 Å². The predicted molar refractivity (Wildman–Crippen MR) is 90.5 cm³/mol. The maximum atomic E-state index is 10.5. The van der Waals surface area contributed by atoms with Gasteiger partial charge in [0.2, 0.25) is 0 Å². The zero-order valence-electron chi connectivity index (χ0n) is 13.5. The Morgan fingerprint density at radius 1 is 1.05 bits per heavy atom. The van der Waals surface area contributed by atoms with Crippen LogP contribution >= 0.6 is 12.6 Å². The van der Waals surface area contributed by atoms with E-state index in [0.717, 1.165) is 24.2 Å². The fraction of sp³-hybridized carbons (Fsp3) is 0.895. The van der Waals surface area contributed by atoms with Gasteiger partial charge in [0, 0.05) is 5.25 Å². The number of hydrogen-bond acceptors (Lipinski definition) is 2. The van der Waals surface area contributed by atoms with Gasteiger partial charge in [-0.3, -0.25) is 0 Å². The van der Waals surface area contributed by atoms with Gasteiger partial charge in [-0.1, -0.05) is 25.5 Å². The summed E-state index contributed by atoms with van der Waals surface area (Å²) in [5, 5.41) is 11.0. The van der Waals surface area contributed by atoms with Crippen molar-refractivity contribution in [1.82, 2.24) is 0 Å². The van der Waals surface area contributed by atoms with Crippen molar-refractivity contribution in [3.63, 3.8) is 0 Å². The molecule has 0 aromatic carbocycles. The summed E-state index contributed by atoms with van der Waals surface area (Å²) >= 11 is 4.71. The predicted octanol–water partition coefficient (Wildman–Crippen LogP) is 4.61. The molecule has 21 heavy (non-hydrogen) atoms. The van der Waals surface area contributed by atoms with Crippen LogP contribution < -0.4 is 0 Å². The minimum atomic E-state index is -0.0404. The molecular weight excluding hydrogens is 276 g/mol. The van der Waals surface area contributed by atoms with Crippen LogP contribution in [-0.4, -0.2) is 16.5 Å². The lowest BCUT2D eigenvalue weighted by molar-refractivity contribution is -0.0734. The van der Waals surface area contributed by atoms with Crippen LogP contribution in [0.4, 0.5) is 0 Å². The molecule has 0 heterocycles. The van der Waals surface area contributed by atoms with E-state index in [-0.39, 0.29) is 11.5 Å². The summed E-state index contributed by atoms with van der Waals surface area (Å²) < 4.78 is 0. The van der Waals surface area contributed by atoms with E-state index in [4.69, 9.17) is 12.6 Å². The molecule has 4 aliphatic rings. The van der Waals surface area contributed by atoms with Crippen molar-refractivity contribution in [2.24, 2.45) is 28.6 Å². The maximum absolute atomic E-state index is 10.5. The molecule has 4 rings (SSSR count). The fourth-order valence-electron chi connectivity index (χ4n) is 6.68. The Bertz CT molecular complexity index is 472. The van der Waals surface area contributed by atoms with Gasteiger partial charge in [-0.05, 0) is 80.0 Å². The first-order valence-electron chi connectivity index (χ1n) is 9.02. The van der Waals surface area contributed by atoms with Gasteiger partial charge in [-0.25, -0.2) is 0 Å². The molecule has 4 aliphatic carbocycles. The molecular formula is C19H30OS. The van der Waals surface area contributed by atoms with Crippen LogP contribution in [-0.2, 0) is 0 Å². The van der Waals surface area contributed by atoms with E-state index in [1.54, 1.807) is 5.57 Å². The van der Waals surface area contributed by atoms with Crippen molar-refractivity contribution in [3.8, 4) is 0 Å². The first-order valence-corrected chi connectivity index (χ1v) is 9.54. The molecule has 118 valence electrons. The zero-order chi connectivity index (χ0) is 14.8. The van der Waals surface area contributed by atoms with Gasteiger partial charge in [-0.2, -0.15) is 12.6 Å². The quantitative estimate of drug-likeness (QED) is 0.495. The Kier molecular flexibility index (Phi) is 3.32. The van der Waals surface area contributed by atoms with Gasteiger partial charge in [0.05, 0.1) is 6.10 Å². The van der Waals surface area contributed by atoms with Gasteiger partial charge in [0.25, 0.3) is 0 Å². The Labute approximate surface area is 135 Å². The summed E-state index contributed by atoms with van der Waals surface area (Å²) in [5.74, 6) is 2.50. The number of thiol groups is 1. The molecule has 0 aromatic rings. The van der Waals surface area contributed by atoms with Gasteiger partial charge < -0.3 is 5.11 Å². The number of aliphatic hydroxyl groups is 1. The van der Waals surface area contributed by atoms with Crippen molar-refractivity contribution in [2.45, 2.75) is 76.6 Å². The molecule has 1 unspecified atom stereocenters. The van der Waals surface area contributed by atoms with Crippen LogP contribution in [0, 0.1) is 28.6 Å². The van der Waals surface area contributed by atoms with Crippen LogP contribution in [0.15, 0.2) is 11.6 Å². The summed E-state index contributed by atoms with van der Waals surface area (Å²) in [6, 6.07) is 0. The monoisotopic (exact) mass is 306 g/mol. The highest BCUT2D eigenvalue weighted by atomic mass is 32.1. The van der Waals surface area contributed by atoms with Crippen LogP contribution in [0.25, 0.3) is 0 Å². The second kappa shape index (κ2) is 4.77. The average molecular weight is 307 g/mol. The number of hydrogen-bond donors (Lipinski definition) is 2. The largest absolute Gasteiger partial charge is 0.393 e. The standard InChI is InChI=1S/C19H30OS/c1-18-9-7-13(21)11-12(18)3-4-14-15-5-6-17(20)19(15,2)10-8-16(14)18/h11,13-17,20-21H,3-10H2,1-2H3/t13?,14-,15-,16-,17-,18-,19-/m0/s1. The molecule has 3 saturated carbocycles. The molecule has 0 saturated heterocycles. The van der Waals surface area contributed by atoms with Gasteiger partial charge in [0.1, 0.15) is 0 Å². The number of fused-ring (bicyclic) bond motifs is 5. The van der Waals surface area contributed by atoms with Crippen molar-refractivity contribution in [3.05, 3.63) is 11.6 Å². The SMILES string of the molecule is C[C@]12CC[C@H]3[C@@H](CCC4=CC(S)CC[C@@]43C)[C@@H]1CC[C@@H]2O. The molecule has 2 heteroatoms. The highest BCUT2D eigenvalue weighted by Gasteiger charge is 2.58. The zero-order valence-corrected chi connectivity index (χ0v) is 14.4. The van der Waals surface area contributed by atoms with Gasteiger partial charge in [0.15, 0.2) is 0 Å². The fourth-order valence-corrected chi connectivity index (χ4v) is 6.99. The Hall–Kier alpha value is 0.0500. The molecule has 7 atom stereocenters. The van der Waals surface area contributed by atoms with Crippen LogP contribution in [0.2, 0.25) is 0 Å². The number of rotatable bonds is 0. The summed E-state index contributed by atoms with van der Waals surface area (Å²) in [7, 11) is 0. The van der Waals surface area contributed by atoms with E-state index in [1.165, 1.54) is 44.9 Å². The molecule has 0 radical (unpaired) electrons. The summed E-state index contributed by atoms with van der Waals surface area (Å²) in [6.45, 7) is 4.92. The Morgan fingerprint density at radius 2 is 1.86 bits per heavy atom. The highest BCUT2D eigenvalue weighted by molar-refractivity contribution is 7.81. The highest BCUT2D eigenvalue weighted by Crippen LogP contribution is 2.65. The molecule has 0 amide bonds. The molecule has 1 N–H and O–H groups in total. The lowest BCUT2D eigenvalue weighted by Gasteiger charge is -2.58. The van der Waals surface area contributed by atoms with Crippen molar-refractivity contribution in [2.75, 3.05) is 0 Å². The van der Waals surface area contributed by atoms with E-state index in [0.29, 0.717) is 10.7 Å². The molecule has 0 aliphatic heterocycles. The van der Waals surface area contributed by atoms with Crippen LogP contribution in [0.1, 0.15) is 65.2 Å². The molecule has 0 bridgehead atoms. The van der Waals surface area contributed by atoms with E-state index in [1.807, 2.05) is 0 Å². The number of aliphatic hydroxyl groups excluding tert-OH is 1. The minimum absolute atomic E-state index is 0.0404. The summed E-state index contributed by atoms with van der Waals surface area (Å²) in [4.78, 5) is 0. The third-order valence-electron chi connectivity index (χ3n) is 8.04. The number of allylic oxidation sites excluding steroid dienone is 1. The summed E-state index contributed by atoms with van der Waals surface area (Å²) in [5.41, 5.74) is 2.38. The lowest BCUT2D eigenvalue weighted by atomic mass is 9.47. The first-order chi connectivity index (χ1) is 9.95. The first kappa shape index (κ1) is 14.6. The third kappa shape index (κ3) is 1.94. The topological polar surface area (TPSA) is 20.2 Å². The van der Waals surface area contributed by atoms with Gasteiger partial charge >= 0.3 is 0 Å². The molecule has 3 fully saturated rings. The normalized spacial score (nSPS) is 56.2. The second-order valence-corrected chi connectivity index (χ2v) is 9.43. The molecule has 0 aromatic heterocycles. The van der Waals surface area contributed by atoms with Gasteiger partial charge in [-0.15, -0.1) is 0 Å². The second-order valence-electron chi connectivity index (χ2n) is 8.77. The average Bonchev–Trinajstić information content (AvgIpc) is 2.76. The summed E-state index contributed by atoms with van der Waals surface area (Å²) in [6.07, 6.45) is 12.6. The van der Waals surface area contributed by atoms with Crippen molar-refractivity contribution >= 4 is 12.6 Å². The van der Waals surface area contributed by atoms with Crippen LogP contribution in [0.3, 0.4) is 0 Å². The van der Waals surface area contributed by atoms with Crippen molar-refractivity contribution < 1.29 is 5.11 Å². The lowest BCUT2D eigenvalue weighted by Crippen LogP contribution is -2.51. The van der Waals surface area contributed by atoms with Crippen LogP contribution in [0.5, 0.6) is 0 Å². The van der Waals surface area contributed by atoms with E-state index >= 15 is 0 Å². The van der Waals surface area contributed by atoms with E-state index < -0.39 is 0 Å². The van der Waals surface area contributed by atoms with E-state index in [9.17, 15) is 5.11 Å². The minimum Gasteiger partial charge on any atom is -0.393 e. The molecule has 1 nitrogen and oxygen atoms in total. The smallest absolute Gasteiger partial charge is 0.0596 e.